The van der Waals surface area contributed by atoms with Gasteiger partial charge in [0.2, 0.25) is 5.91 Å². The molecule has 0 aromatic rings. The normalized spacial score (nSPS) is 23.4. The van der Waals surface area contributed by atoms with Crippen LogP contribution in [0, 0.1) is 0 Å². The third-order valence-electron chi connectivity index (χ3n) is 8.45. The highest BCUT2D eigenvalue weighted by molar-refractivity contribution is 5.76. The molecule has 1 amide bonds. The Kier molecular flexibility index (Phi) is 26.7. The number of aliphatic hydroxyl groups excluding tert-OH is 5. The summed E-state index contributed by atoms with van der Waals surface area (Å²) in [5.74, 6) is -0.191. The van der Waals surface area contributed by atoms with Crippen LogP contribution >= 0.6 is 0 Å². The van der Waals surface area contributed by atoms with Gasteiger partial charge in [0, 0.05) is 6.42 Å². The number of ether oxygens (including phenoxy) is 2. The molecule has 47 heavy (non-hydrogen) atoms. The maximum Gasteiger partial charge on any atom is 0.220 e. The molecular weight excluding hydrogens is 598 g/mol. The molecule has 7 atom stereocenters. The van der Waals surface area contributed by atoms with E-state index in [2.05, 4.69) is 67.8 Å². The van der Waals surface area contributed by atoms with Gasteiger partial charge in [-0.2, -0.15) is 0 Å². The van der Waals surface area contributed by atoms with Gasteiger partial charge in [0.05, 0.1) is 25.4 Å². The van der Waals surface area contributed by atoms with Crippen LogP contribution < -0.4 is 5.32 Å². The summed E-state index contributed by atoms with van der Waals surface area (Å²) in [6.07, 6.45) is 27.0. The molecule has 1 aliphatic heterocycles. The Morgan fingerprint density at radius 3 is 1.91 bits per heavy atom. The first-order chi connectivity index (χ1) is 22.8. The second-order valence-electron chi connectivity index (χ2n) is 12.6. The summed E-state index contributed by atoms with van der Waals surface area (Å²) in [4.78, 5) is 12.8. The lowest BCUT2D eigenvalue weighted by Gasteiger charge is -2.40. The minimum atomic E-state index is -1.56. The second-order valence-corrected chi connectivity index (χ2v) is 12.6. The molecule has 1 saturated heterocycles. The molecule has 0 aromatic heterocycles. The zero-order valence-electron chi connectivity index (χ0n) is 29.3. The highest BCUT2D eigenvalue weighted by atomic mass is 16.7. The van der Waals surface area contributed by atoms with Crippen LogP contribution in [-0.2, 0) is 14.3 Å². The van der Waals surface area contributed by atoms with E-state index in [9.17, 15) is 30.3 Å². The van der Waals surface area contributed by atoms with Gasteiger partial charge in [-0.15, -0.1) is 0 Å². The second kappa shape index (κ2) is 29.1. The molecule has 272 valence electrons. The fourth-order valence-corrected chi connectivity index (χ4v) is 5.44. The Balaban J connectivity index is 2.47. The van der Waals surface area contributed by atoms with E-state index in [1.165, 1.54) is 38.5 Å². The number of carbonyl (C=O) groups is 1. The van der Waals surface area contributed by atoms with Crippen LogP contribution in [0.1, 0.15) is 129 Å². The molecule has 7 unspecified atom stereocenters. The van der Waals surface area contributed by atoms with E-state index in [1.54, 1.807) is 0 Å². The summed E-state index contributed by atoms with van der Waals surface area (Å²) in [7, 11) is 0. The number of hydrogen-bond acceptors (Lipinski definition) is 8. The predicted octanol–water partition coefficient (Wildman–Crippen LogP) is 5.94. The fourth-order valence-electron chi connectivity index (χ4n) is 5.44. The van der Waals surface area contributed by atoms with E-state index in [1.807, 2.05) is 0 Å². The van der Waals surface area contributed by atoms with Crippen molar-refractivity contribution in [3.63, 3.8) is 0 Å². The predicted molar refractivity (Wildman–Crippen MR) is 189 cm³/mol. The van der Waals surface area contributed by atoms with E-state index in [4.69, 9.17) is 9.47 Å². The fraction of sp³-hybridized carbons (Fsp3) is 0.763. The van der Waals surface area contributed by atoms with Crippen molar-refractivity contribution < 1.29 is 39.8 Å². The maximum atomic E-state index is 12.8. The van der Waals surface area contributed by atoms with E-state index in [0.717, 1.165) is 57.8 Å². The Morgan fingerprint density at radius 2 is 1.32 bits per heavy atom. The summed E-state index contributed by atoms with van der Waals surface area (Å²) >= 11 is 0. The number of carbonyl (C=O) groups excluding carboxylic acids is 1. The SMILES string of the molecule is CC/C=C\C/C=C\C/C=C\C/C=C\CCCCC(=O)NC(COC1OC(CO)C(O)C(O)C1O)C(O)CCCCCCCCCCC. The summed E-state index contributed by atoms with van der Waals surface area (Å²) < 4.78 is 11.1. The Labute approximate surface area is 284 Å². The van der Waals surface area contributed by atoms with Gasteiger partial charge in [0.15, 0.2) is 6.29 Å². The molecule has 1 fully saturated rings. The van der Waals surface area contributed by atoms with Crippen molar-refractivity contribution >= 4 is 5.91 Å². The van der Waals surface area contributed by atoms with Crippen LogP contribution in [0.5, 0.6) is 0 Å². The van der Waals surface area contributed by atoms with Gasteiger partial charge in [-0.05, 0) is 51.4 Å². The number of hydrogen-bond donors (Lipinski definition) is 6. The van der Waals surface area contributed by atoms with Gasteiger partial charge in [0.25, 0.3) is 0 Å². The van der Waals surface area contributed by atoms with E-state index in [-0.39, 0.29) is 12.5 Å². The van der Waals surface area contributed by atoms with Crippen molar-refractivity contribution in [2.24, 2.45) is 0 Å². The highest BCUT2D eigenvalue weighted by Crippen LogP contribution is 2.22. The van der Waals surface area contributed by atoms with Gasteiger partial charge >= 0.3 is 0 Å². The highest BCUT2D eigenvalue weighted by Gasteiger charge is 2.44. The minimum Gasteiger partial charge on any atom is -0.394 e. The molecule has 9 heteroatoms. The summed E-state index contributed by atoms with van der Waals surface area (Å²) in [5, 5.41) is 53.9. The minimum absolute atomic E-state index is 0.158. The zero-order chi connectivity index (χ0) is 34.5. The number of amides is 1. The van der Waals surface area contributed by atoms with Crippen LogP contribution in [0.15, 0.2) is 48.6 Å². The van der Waals surface area contributed by atoms with E-state index in [0.29, 0.717) is 19.3 Å². The summed E-state index contributed by atoms with van der Waals surface area (Å²) in [6.45, 7) is 3.62. The average Bonchev–Trinajstić information content (AvgIpc) is 3.07. The van der Waals surface area contributed by atoms with Gasteiger partial charge in [0.1, 0.15) is 24.4 Å². The van der Waals surface area contributed by atoms with Crippen LogP contribution in [0.4, 0.5) is 0 Å². The van der Waals surface area contributed by atoms with Crippen molar-refractivity contribution in [1.29, 1.82) is 0 Å². The summed E-state index contributed by atoms with van der Waals surface area (Å²) in [6, 6.07) is -0.738. The smallest absolute Gasteiger partial charge is 0.220 e. The van der Waals surface area contributed by atoms with Crippen LogP contribution in [0.25, 0.3) is 0 Å². The lowest BCUT2D eigenvalue weighted by atomic mass is 9.99. The monoisotopic (exact) mass is 665 g/mol. The number of rotatable bonds is 28. The molecule has 0 spiro atoms. The van der Waals surface area contributed by atoms with Crippen molar-refractivity contribution in [3.8, 4) is 0 Å². The van der Waals surface area contributed by atoms with Crippen molar-refractivity contribution in [1.82, 2.24) is 5.32 Å². The van der Waals surface area contributed by atoms with Crippen LogP contribution in [-0.4, -0.2) is 87.5 Å². The third kappa shape index (κ3) is 21.0. The van der Waals surface area contributed by atoms with E-state index >= 15 is 0 Å². The molecule has 0 radical (unpaired) electrons. The first-order valence-corrected chi connectivity index (χ1v) is 18.3. The lowest BCUT2D eigenvalue weighted by molar-refractivity contribution is -0.302. The summed E-state index contributed by atoms with van der Waals surface area (Å²) in [5.41, 5.74) is 0. The lowest BCUT2D eigenvalue weighted by Crippen LogP contribution is -2.60. The van der Waals surface area contributed by atoms with Crippen LogP contribution in [0.2, 0.25) is 0 Å². The standard InChI is InChI=1S/C38H67NO8/c1-3-5-7-9-11-13-14-15-16-17-18-20-22-24-26-28-34(42)39-31(32(41)27-25-23-21-19-12-10-8-6-4-2)30-46-38-37(45)36(44)35(43)33(29-40)47-38/h5,7,11,13,15-16,18,20,31-33,35-38,40-41,43-45H,3-4,6,8-10,12,14,17,19,21-30H2,1-2H3,(H,39,42)/b7-5-,13-11-,16-15-,20-18-. The molecule has 9 nitrogen and oxygen atoms in total. The molecule has 0 saturated carbocycles. The Morgan fingerprint density at radius 1 is 0.745 bits per heavy atom. The van der Waals surface area contributed by atoms with Gasteiger partial charge in [-0.3, -0.25) is 4.79 Å². The topological polar surface area (TPSA) is 149 Å². The molecule has 6 N–H and O–H groups in total. The quantitative estimate of drug-likeness (QED) is 0.0445. The largest absolute Gasteiger partial charge is 0.394 e. The number of unbranched alkanes of at least 4 members (excludes halogenated alkanes) is 10. The zero-order valence-corrected chi connectivity index (χ0v) is 29.3. The molecule has 1 heterocycles. The van der Waals surface area contributed by atoms with Crippen molar-refractivity contribution in [3.05, 3.63) is 48.6 Å². The first-order valence-electron chi connectivity index (χ1n) is 18.3. The Bertz CT molecular complexity index is 874. The molecule has 0 aromatic carbocycles. The van der Waals surface area contributed by atoms with E-state index < -0.39 is 49.5 Å². The molecule has 0 bridgehead atoms. The van der Waals surface area contributed by atoms with Gasteiger partial charge in [-0.1, -0.05) is 120 Å². The Hall–Kier alpha value is -1.85. The number of nitrogens with one attached hydrogen (secondary N) is 1. The average molecular weight is 666 g/mol. The first kappa shape index (κ1) is 43.2. The molecule has 1 aliphatic rings. The number of allylic oxidation sites excluding steroid dienone is 8. The third-order valence-corrected chi connectivity index (χ3v) is 8.45. The van der Waals surface area contributed by atoms with Gasteiger partial charge in [-0.25, -0.2) is 0 Å². The number of aliphatic hydroxyl groups is 5. The molecule has 1 rings (SSSR count). The van der Waals surface area contributed by atoms with Crippen molar-refractivity contribution in [2.75, 3.05) is 13.2 Å². The molecular formula is C38H67NO8. The van der Waals surface area contributed by atoms with Gasteiger partial charge < -0.3 is 40.3 Å². The molecule has 0 aliphatic carbocycles. The van der Waals surface area contributed by atoms with Crippen LogP contribution in [0.3, 0.4) is 0 Å². The van der Waals surface area contributed by atoms with Crippen molar-refractivity contribution in [2.45, 2.75) is 172 Å². The maximum absolute atomic E-state index is 12.8.